The van der Waals surface area contributed by atoms with Gasteiger partial charge in [0.2, 0.25) is 5.91 Å². The molecule has 2 bridgehead atoms. The van der Waals surface area contributed by atoms with Crippen LogP contribution < -0.4 is 5.32 Å². The van der Waals surface area contributed by atoms with Gasteiger partial charge in [0, 0.05) is 11.0 Å². The number of hydrogen-bond donors (Lipinski definition) is 2. The van der Waals surface area contributed by atoms with Gasteiger partial charge in [-0.15, -0.1) is 0 Å². The van der Waals surface area contributed by atoms with Gasteiger partial charge in [-0.1, -0.05) is 27.4 Å². The van der Waals surface area contributed by atoms with Gasteiger partial charge in [0.1, 0.15) is 5.72 Å². The molecule has 0 aromatic heterocycles. The van der Waals surface area contributed by atoms with Crippen LogP contribution in [0.2, 0.25) is 0 Å². The summed E-state index contributed by atoms with van der Waals surface area (Å²) < 4.78 is 0. The van der Waals surface area contributed by atoms with Crippen LogP contribution in [0.3, 0.4) is 0 Å². The van der Waals surface area contributed by atoms with Crippen molar-refractivity contribution in [2.24, 2.45) is 16.7 Å². The van der Waals surface area contributed by atoms with E-state index in [1.54, 1.807) is 6.92 Å². The zero-order chi connectivity index (χ0) is 13.1. The van der Waals surface area contributed by atoms with E-state index < -0.39 is 5.72 Å². The van der Waals surface area contributed by atoms with Crippen LogP contribution in [0, 0.1) is 16.7 Å². The van der Waals surface area contributed by atoms with Crippen LogP contribution in [0.5, 0.6) is 0 Å². The highest BCUT2D eigenvalue weighted by Gasteiger charge is 2.69. The second kappa shape index (κ2) is 3.35. The molecule has 2 rings (SSSR count). The first-order chi connectivity index (χ1) is 7.64. The highest BCUT2D eigenvalue weighted by molar-refractivity contribution is 5.92. The fourth-order valence-corrected chi connectivity index (χ4v) is 3.76. The Bertz CT molecular complexity index is 388. The molecule has 2 aliphatic carbocycles. The summed E-state index contributed by atoms with van der Waals surface area (Å²) in [7, 11) is 0. The minimum absolute atomic E-state index is 0.0735. The summed E-state index contributed by atoms with van der Waals surface area (Å²) in [5.74, 6) is 0.250. The molecule has 2 fully saturated rings. The third-order valence-electron chi connectivity index (χ3n) is 5.60. The third-order valence-corrected chi connectivity index (χ3v) is 5.60. The quantitative estimate of drug-likeness (QED) is 0.571. The number of amides is 1. The van der Waals surface area contributed by atoms with Gasteiger partial charge in [0.05, 0.1) is 0 Å². The summed E-state index contributed by atoms with van der Waals surface area (Å²) in [5, 5.41) is 13.6. The average Bonchev–Trinajstić information content (AvgIpc) is 2.49. The highest BCUT2D eigenvalue weighted by atomic mass is 16.3. The van der Waals surface area contributed by atoms with E-state index in [2.05, 4.69) is 32.7 Å². The van der Waals surface area contributed by atoms with E-state index in [0.29, 0.717) is 17.9 Å². The Morgan fingerprint density at radius 2 is 2.00 bits per heavy atom. The standard InChI is InChI=1S/C14H23NO2/c1-9(2)11(16)15-14(17)8-10-6-7-13(14,5)12(10,3)4/h10,17H,1,6-8H2,2-5H3,(H,15,16). The molecule has 0 aliphatic heterocycles. The number of aliphatic hydroxyl groups is 1. The van der Waals surface area contributed by atoms with Crippen LogP contribution in [0.1, 0.15) is 47.0 Å². The maximum atomic E-state index is 11.8. The summed E-state index contributed by atoms with van der Waals surface area (Å²) in [6.07, 6.45) is 2.78. The van der Waals surface area contributed by atoms with Crippen molar-refractivity contribution < 1.29 is 9.90 Å². The van der Waals surface area contributed by atoms with Crippen LogP contribution in [0.25, 0.3) is 0 Å². The first kappa shape index (κ1) is 12.6. The first-order valence-electron chi connectivity index (χ1n) is 6.34. The largest absolute Gasteiger partial charge is 0.370 e. The van der Waals surface area contributed by atoms with E-state index >= 15 is 0 Å². The van der Waals surface area contributed by atoms with Crippen molar-refractivity contribution >= 4 is 5.91 Å². The van der Waals surface area contributed by atoms with Crippen molar-refractivity contribution in [3.63, 3.8) is 0 Å². The zero-order valence-electron chi connectivity index (χ0n) is 11.3. The zero-order valence-corrected chi connectivity index (χ0v) is 11.3. The SMILES string of the molecule is C=C(C)C(=O)NC1(O)CC2CCC1(C)C2(C)C. The first-order valence-corrected chi connectivity index (χ1v) is 6.34. The predicted molar refractivity (Wildman–Crippen MR) is 67.1 cm³/mol. The minimum Gasteiger partial charge on any atom is -0.370 e. The monoisotopic (exact) mass is 237 g/mol. The van der Waals surface area contributed by atoms with Crippen molar-refractivity contribution in [1.29, 1.82) is 0 Å². The van der Waals surface area contributed by atoms with Crippen molar-refractivity contribution in [3.8, 4) is 0 Å². The summed E-state index contributed by atoms with van der Waals surface area (Å²) in [5.41, 5.74) is -0.794. The topological polar surface area (TPSA) is 49.3 Å². The Kier molecular flexibility index (Phi) is 2.48. The number of hydrogen-bond acceptors (Lipinski definition) is 2. The number of carbonyl (C=O) groups excluding carboxylic acids is 1. The van der Waals surface area contributed by atoms with E-state index in [1.165, 1.54) is 0 Å². The molecular weight excluding hydrogens is 214 g/mol. The smallest absolute Gasteiger partial charge is 0.248 e. The van der Waals surface area contributed by atoms with E-state index in [-0.39, 0.29) is 16.7 Å². The number of carbonyl (C=O) groups is 1. The van der Waals surface area contributed by atoms with Crippen LogP contribution in [-0.2, 0) is 4.79 Å². The molecule has 2 N–H and O–H groups in total. The summed E-state index contributed by atoms with van der Waals surface area (Å²) in [6, 6.07) is 0. The summed E-state index contributed by atoms with van der Waals surface area (Å²) >= 11 is 0. The normalized spacial score (nSPS) is 42.5. The van der Waals surface area contributed by atoms with Gasteiger partial charge in [0.25, 0.3) is 0 Å². The lowest BCUT2D eigenvalue weighted by molar-refractivity contribution is -0.143. The molecule has 96 valence electrons. The number of nitrogens with one attached hydrogen (secondary N) is 1. The molecule has 2 aliphatic rings. The number of fused-ring (bicyclic) bond motifs is 2. The lowest BCUT2D eigenvalue weighted by Gasteiger charge is -2.45. The summed E-state index contributed by atoms with van der Waals surface area (Å²) in [6.45, 7) is 11.8. The molecule has 0 aromatic rings. The van der Waals surface area contributed by atoms with Crippen molar-refractivity contribution in [2.75, 3.05) is 0 Å². The Morgan fingerprint density at radius 1 is 1.41 bits per heavy atom. The van der Waals surface area contributed by atoms with Crippen molar-refractivity contribution in [2.45, 2.75) is 52.7 Å². The maximum Gasteiger partial charge on any atom is 0.248 e. The molecule has 3 heteroatoms. The Morgan fingerprint density at radius 3 is 2.35 bits per heavy atom. The lowest BCUT2D eigenvalue weighted by atomic mass is 9.67. The fourth-order valence-electron chi connectivity index (χ4n) is 3.76. The van der Waals surface area contributed by atoms with Gasteiger partial charge in [0.15, 0.2) is 0 Å². The molecule has 0 heterocycles. The molecule has 3 nitrogen and oxygen atoms in total. The lowest BCUT2D eigenvalue weighted by Crippen LogP contribution is -2.59. The van der Waals surface area contributed by atoms with Gasteiger partial charge < -0.3 is 10.4 Å². The van der Waals surface area contributed by atoms with E-state index in [0.717, 1.165) is 12.8 Å². The average molecular weight is 237 g/mol. The molecule has 0 radical (unpaired) electrons. The van der Waals surface area contributed by atoms with Crippen LogP contribution in [0.4, 0.5) is 0 Å². The highest BCUT2D eigenvalue weighted by Crippen LogP contribution is 2.68. The Hall–Kier alpha value is -0.830. The van der Waals surface area contributed by atoms with E-state index in [9.17, 15) is 9.90 Å². The molecule has 17 heavy (non-hydrogen) atoms. The van der Waals surface area contributed by atoms with Gasteiger partial charge in [-0.05, 0) is 37.5 Å². The molecule has 1 amide bonds. The molecule has 3 unspecified atom stereocenters. The third kappa shape index (κ3) is 1.41. The number of rotatable bonds is 2. The fraction of sp³-hybridized carbons (Fsp3) is 0.786. The van der Waals surface area contributed by atoms with Gasteiger partial charge >= 0.3 is 0 Å². The van der Waals surface area contributed by atoms with Crippen molar-refractivity contribution in [1.82, 2.24) is 5.32 Å². The predicted octanol–water partition coefficient (Wildman–Crippen LogP) is 2.21. The van der Waals surface area contributed by atoms with Crippen LogP contribution in [0.15, 0.2) is 12.2 Å². The Balaban J connectivity index is 2.30. The van der Waals surface area contributed by atoms with Crippen LogP contribution >= 0.6 is 0 Å². The minimum atomic E-state index is -1.07. The summed E-state index contributed by atoms with van der Waals surface area (Å²) in [4.78, 5) is 11.8. The molecular formula is C14H23NO2. The van der Waals surface area contributed by atoms with Crippen LogP contribution in [-0.4, -0.2) is 16.7 Å². The van der Waals surface area contributed by atoms with E-state index in [1.807, 2.05) is 0 Å². The second-order valence-electron chi connectivity index (χ2n) is 6.59. The van der Waals surface area contributed by atoms with Crippen molar-refractivity contribution in [3.05, 3.63) is 12.2 Å². The molecule has 0 spiro atoms. The molecule has 3 atom stereocenters. The molecule has 2 saturated carbocycles. The van der Waals surface area contributed by atoms with Gasteiger partial charge in [-0.2, -0.15) is 0 Å². The van der Waals surface area contributed by atoms with Gasteiger partial charge in [-0.3, -0.25) is 4.79 Å². The second-order valence-corrected chi connectivity index (χ2v) is 6.59. The Labute approximate surface area is 103 Å². The maximum absolute atomic E-state index is 11.8. The molecule has 0 saturated heterocycles. The molecule has 0 aromatic carbocycles. The van der Waals surface area contributed by atoms with Gasteiger partial charge in [-0.25, -0.2) is 0 Å². The van der Waals surface area contributed by atoms with E-state index in [4.69, 9.17) is 0 Å².